The number of amides is 1. The third-order valence-electron chi connectivity index (χ3n) is 3.72. The van der Waals surface area contributed by atoms with E-state index in [0.29, 0.717) is 4.90 Å². The van der Waals surface area contributed by atoms with Crippen molar-refractivity contribution in [1.29, 1.82) is 0 Å². The highest BCUT2D eigenvalue weighted by atomic mass is 32.2. The van der Waals surface area contributed by atoms with Crippen LogP contribution in [-0.4, -0.2) is 39.6 Å². The van der Waals surface area contributed by atoms with Gasteiger partial charge < -0.3 is 14.8 Å². The lowest BCUT2D eigenvalue weighted by atomic mass is 10.2. The Morgan fingerprint density at radius 2 is 1.76 bits per heavy atom. The summed E-state index contributed by atoms with van der Waals surface area (Å²) in [6, 6.07) is 13.4. The monoisotopic (exact) mass is 420 g/mol. The van der Waals surface area contributed by atoms with Crippen molar-refractivity contribution in [3.8, 4) is 0 Å². The number of nitro benzene ring substituents is 1. The SMILES string of the molecule is CC(NC(=O)OCc1ccccc1)C(=O)OCCS(=O)c1ccc([N+](=O)[O-])cc1. The second-order valence-electron chi connectivity index (χ2n) is 5.90. The van der Waals surface area contributed by atoms with Crippen molar-refractivity contribution in [2.45, 2.75) is 24.5 Å². The van der Waals surface area contributed by atoms with Crippen molar-refractivity contribution < 1.29 is 28.2 Å². The fourth-order valence-electron chi connectivity index (χ4n) is 2.18. The van der Waals surface area contributed by atoms with E-state index < -0.39 is 33.8 Å². The lowest BCUT2D eigenvalue weighted by Gasteiger charge is -2.13. The molecule has 1 amide bonds. The van der Waals surface area contributed by atoms with Gasteiger partial charge in [-0.3, -0.25) is 14.3 Å². The largest absolute Gasteiger partial charge is 0.463 e. The normalized spacial score (nSPS) is 12.4. The molecule has 0 fully saturated rings. The average molecular weight is 420 g/mol. The number of alkyl carbamates (subject to hydrolysis) is 1. The number of non-ortho nitro benzene ring substituents is 1. The summed E-state index contributed by atoms with van der Waals surface area (Å²) in [7, 11) is -1.48. The predicted octanol–water partition coefficient (Wildman–Crippen LogP) is 2.56. The van der Waals surface area contributed by atoms with Gasteiger partial charge in [-0.2, -0.15) is 0 Å². The van der Waals surface area contributed by atoms with Gasteiger partial charge in [0.25, 0.3) is 5.69 Å². The molecule has 0 saturated carbocycles. The predicted molar refractivity (Wildman–Crippen MR) is 105 cm³/mol. The number of nitro groups is 1. The van der Waals surface area contributed by atoms with Crippen LogP contribution in [0.3, 0.4) is 0 Å². The van der Waals surface area contributed by atoms with Crippen LogP contribution in [0.5, 0.6) is 0 Å². The van der Waals surface area contributed by atoms with Crippen molar-refractivity contribution in [3.05, 3.63) is 70.3 Å². The van der Waals surface area contributed by atoms with Gasteiger partial charge in [0.15, 0.2) is 0 Å². The summed E-state index contributed by atoms with van der Waals surface area (Å²) >= 11 is 0. The first-order valence-corrected chi connectivity index (χ1v) is 9.95. The maximum absolute atomic E-state index is 12.1. The average Bonchev–Trinajstić information content (AvgIpc) is 2.72. The van der Waals surface area contributed by atoms with E-state index in [0.717, 1.165) is 5.56 Å². The molecule has 2 rings (SSSR count). The maximum Gasteiger partial charge on any atom is 0.408 e. The summed E-state index contributed by atoms with van der Waals surface area (Å²) in [6.45, 7) is 1.38. The Morgan fingerprint density at radius 3 is 2.38 bits per heavy atom. The van der Waals surface area contributed by atoms with E-state index in [-0.39, 0.29) is 24.7 Å². The molecule has 10 heteroatoms. The molecule has 2 atom stereocenters. The number of benzene rings is 2. The summed E-state index contributed by atoms with van der Waals surface area (Å²) < 4.78 is 22.2. The Bertz CT molecular complexity index is 872. The van der Waals surface area contributed by atoms with E-state index in [1.807, 2.05) is 18.2 Å². The summed E-state index contributed by atoms with van der Waals surface area (Å²) in [5, 5.41) is 13.0. The van der Waals surface area contributed by atoms with Crippen LogP contribution in [-0.2, 0) is 31.7 Å². The first kappa shape index (κ1) is 22.0. The standard InChI is InChI=1S/C19H20N2O7S/c1-14(20-19(23)28-13-15-5-3-2-4-6-15)18(22)27-11-12-29(26)17-9-7-16(8-10-17)21(24)25/h2-10,14H,11-13H2,1H3,(H,20,23). The van der Waals surface area contributed by atoms with Gasteiger partial charge in [-0.05, 0) is 24.6 Å². The summed E-state index contributed by atoms with van der Waals surface area (Å²) in [6.07, 6.45) is -0.757. The Morgan fingerprint density at radius 1 is 1.10 bits per heavy atom. The molecule has 0 aliphatic carbocycles. The molecule has 154 valence electrons. The molecule has 0 radical (unpaired) electrons. The van der Waals surface area contributed by atoms with Crippen molar-refractivity contribution >= 4 is 28.5 Å². The summed E-state index contributed by atoms with van der Waals surface area (Å²) in [4.78, 5) is 34.1. The molecule has 0 spiro atoms. The van der Waals surface area contributed by atoms with Crippen LogP contribution >= 0.6 is 0 Å². The van der Waals surface area contributed by atoms with Gasteiger partial charge in [-0.25, -0.2) is 9.59 Å². The Labute approximate surface area is 169 Å². The molecule has 0 heterocycles. The highest BCUT2D eigenvalue weighted by molar-refractivity contribution is 7.85. The fraction of sp³-hybridized carbons (Fsp3) is 0.263. The topological polar surface area (TPSA) is 125 Å². The van der Waals surface area contributed by atoms with E-state index >= 15 is 0 Å². The Balaban J connectivity index is 1.70. The first-order valence-electron chi connectivity index (χ1n) is 8.63. The van der Waals surface area contributed by atoms with Gasteiger partial charge in [0.2, 0.25) is 0 Å². The minimum Gasteiger partial charge on any atom is -0.463 e. The molecule has 1 N–H and O–H groups in total. The molecule has 2 aromatic carbocycles. The molecule has 0 bridgehead atoms. The molecule has 9 nitrogen and oxygen atoms in total. The molecular weight excluding hydrogens is 400 g/mol. The Hall–Kier alpha value is -3.27. The molecule has 0 aliphatic rings. The molecule has 29 heavy (non-hydrogen) atoms. The van der Waals surface area contributed by atoms with Crippen molar-refractivity contribution in [1.82, 2.24) is 5.32 Å². The van der Waals surface area contributed by atoms with Gasteiger partial charge in [0, 0.05) is 17.0 Å². The van der Waals surface area contributed by atoms with E-state index in [9.17, 15) is 23.9 Å². The Kier molecular flexibility index (Phi) is 8.28. The third-order valence-corrected chi connectivity index (χ3v) is 5.06. The number of hydrogen-bond donors (Lipinski definition) is 1. The minimum atomic E-state index is -1.48. The second kappa shape index (κ2) is 10.9. The van der Waals surface area contributed by atoms with Crippen LogP contribution < -0.4 is 5.32 Å². The fourth-order valence-corrected chi connectivity index (χ4v) is 3.09. The highest BCUT2D eigenvalue weighted by Crippen LogP contribution is 2.14. The number of ether oxygens (including phenoxy) is 2. The van der Waals surface area contributed by atoms with Crippen molar-refractivity contribution in [2.24, 2.45) is 0 Å². The molecule has 0 aliphatic heterocycles. The first-order chi connectivity index (χ1) is 13.9. The lowest BCUT2D eigenvalue weighted by Crippen LogP contribution is -2.40. The van der Waals surface area contributed by atoms with Gasteiger partial charge in [0.1, 0.15) is 19.3 Å². The number of carbonyl (C=O) groups excluding carboxylic acids is 2. The molecule has 2 unspecified atom stereocenters. The zero-order valence-electron chi connectivity index (χ0n) is 15.6. The zero-order valence-corrected chi connectivity index (χ0v) is 16.4. The number of carbonyl (C=O) groups is 2. The van der Waals surface area contributed by atoms with Gasteiger partial charge in [-0.1, -0.05) is 30.3 Å². The van der Waals surface area contributed by atoms with Crippen LogP contribution in [0, 0.1) is 10.1 Å². The number of nitrogens with one attached hydrogen (secondary N) is 1. The quantitative estimate of drug-likeness (QED) is 0.375. The number of nitrogens with zero attached hydrogens (tertiary/aromatic N) is 1. The number of hydrogen-bond acceptors (Lipinski definition) is 7. The lowest BCUT2D eigenvalue weighted by molar-refractivity contribution is -0.384. The van der Waals surface area contributed by atoms with Crippen LogP contribution in [0.4, 0.5) is 10.5 Å². The summed E-state index contributed by atoms with van der Waals surface area (Å²) in [5.74, 6) is -0.670. The van der Waals surface area contributed by atoms with E-state index in [1.165, 1.54) is 31.2 Å². The van der Waals surface area contributed by atoms with E-state index in [1.54, 1.807) is 12.1 Å². The van der Waals surface area contributed by atoms with Gasteiger partial charge in [-0.15, -0.1) is 0 Å². The second-order valence-corrected chi connectivity index (χ2v) is 7.47. The van der Waals surface area contributed by atoms with E-state index in [2.05, 4.69) is 5.32 Å². The summed E-state index contributed by atoms with van der Waals surface area (Å²) in [5.41, 5.74) is 0.711. The number of rotatable bonds is 9. The molecular formula is C19H20N2O7S. The van der Waals surface area contributed by atoms with Gasteiger partial charge in [0.05, 0.1) is 21.5 Å². The van der Waals surface area contributed by atoms with Crippen LogP contribution in [0.1, 0.15) is 12.5 Å². The molecule has 0 aromatic heterocycles. The van der Waals surface area contributed by atoms with Crippen LogP contribution in [0.25, 0.3) is 0 Å². The third kappa shape index (κ3) is 7.34. The molecule has 0 saturated heterocycles. The van der Waals surface area contributed by atoms with Crippen molar-refractivity contribution in [3.63, 3.8) is 0 Å². The van der Waals surface area contributed by atoms with Crippen LogP contribution in [0.2, 0.25) is 0 Å². The van der Waals surface area contributed by atoms with Gasteiger partial charge >= 0.3 is 12.1 Å². The van der Waals surface area contributed by atoms with Crippen molar-refractivity contribution in [2.75, 3.05) is 12.4 Å². The zero-order chi connectivity index (χ0) is 21.2. The van der Waals surface area contributed by atoms with Crippen LogP contribution in [0.15, 0.2) is 59.5 Å². The highest BCUT2D eigenvalue weighted by Gasteiger charge is 2.18. The molecule has 2 aromatic rings. The maximum atomic E-state index is 12.1. The smallest absolute Gasteiger partial charge is 0.408 e. The minimum absolute atomic E-state index is 0.0225. The van der Waals surface area contributed by atoms with E-state index in [4.69, 9.17) is 9.47 Å². The number of esters is 1.